The summed E-state index contributed by atoms with van der Waals surface area (Å²) in [6, 6.07) is 7.65. The Morgan fingerprint density at radius 2 is 1.74 bits per heavy atom. The molecule has 0 aliphatic carbocycles. The third kappa shape index (κ3) is 3.06. The van der Waals surface area contributed by atoms with Crippen molar-refractivity contribution in [2.45, 2.75) is 6.04 Å². The molecule has 0 aromatic heterocycles. The van der Waals surface area contributed by atoms with E-state index in [2.05, 4.69) is 5.32 Å². The maximum absolute atomic E-state index is 13.9. The monoisotopic (exact) mass is 301 g/mol. The van der Waals surface area contributed by atoms with Gasteiger partial charge < -0.3 is 5.32 Å². The van der Waals surface area contributed by atoms with Crippen LogP contribution in [0.2, 0.25) is 10.0 Å². The van der Waals surface area contributed by atoms with E-state index >= 15 is 0 Å². The van der Waals surface area contributed by atoms with E-state index in [0.717, 1.165) is 0 Å². The predicted octanol–water partition coefficient (Wildman–Crippen LogP) is 4.58. The SMILES string of the molecule is CNC(c1cc(Cl)ccc1F)c1cc(F)ccc1Cl. The number of hydrogen-bond acceptors (Lipinski definition) is 1. The molecule has 100 valence electrons. The van der Waals surface area contributed by atoms with Gasteiger partial charge in [-0.15, -0.1) is 0 Å². The summed E-state index contributed by atoms with van der Waals surface area (Å²) in [5.41, 5.74) is 0.785. The number of nitrogens with one attached hydrogen (secondary N) is 1. The lowest BCUT2D eigenvalue weighted by molar-refractivity contribution is 0.571. The second kappa shape index (κ2) is 5.87. The van der Waals surface area contributed by atoms with Crippen molar-refractivity contribution < 1.29 is 8.78 Å². The highest BCUT2D eigenvalue weighted by Gasteiger charge is 2.19. The van der Waals surface area contributed by atoms with Crippen molar-refractivity contribution in [2.75, 3.05) is 7.05 Å². The van der Waals surface area contributed by atoms with Gasteiger partial charge in [-0.3, -0.25) is 0 Å². The minimum absolute atomic E-state index is 0.322. The van der Waals surface area contributed by atoms with Crippen molar-refractivity contribution in [2.24, 2.45) is 0 Å². The Morgan fingerprint density at radius 1 is 1.00 bits per heavy atom. The molecule has 0 saturated carbocycles. The molecule has 0 heterocycles. The van der Waals surface area contributed by atoms with Crippen LogP contribution in [0.1, 0.15) is 17.2 Å². The molecule has 19 heavy (non-hydrogen) atoms. The minimum atomic E-state index is -0.568. The fraction of sp³-hybridized carbons (Fsp3) is 0.143. The van der Waals surface area contributed by atoms with Gasteiger partial charge >= 0.3 is 0 Å². The van der Waals surface area contributed by atoms with Crippen molar-refractivity contribution in [3.05, 3.63) is 69.2 Å². The van der Waals surface area contributed by atoms with Gasteiger partial charge in [-0.1, -0.05) is 23.2 Å². The minimum Gasteiger partial charge on any atom is -0.309 e. The maximum atomic E-state index is 13.9. The molecule has 0 saturated heterocycles. The molecule has 2 aromatic carbocycles. The Labute approximate surface area is 120 Å². The Morgan fingerprint density at radius 3 is 2.42 bits per heavy atom. The summed E-state index contributed by atoms with van der Waals surface area (Å²) in [6.07, 6.45) is 0. The summed E-state index contributed by atoms with van der Waals surface area (Å²) in [4.78, 5) is 0. The highest BCUT2D eigenvalue weighted by molar-refractivity contribution is 6.31. The average molecular weight is 302 g/mol. The van der Waals surface area contributed by atoms with Crippen molar-refractivity contribution in [1.82, 2.24) is 5.32 Å². The first kappa shape index (κ1) is 14.3. The molecule has 0 spiro atoms. The van der Waals surface area contributed by atoms with Crippen LogP contribution in [-0.2, 0) is 0 Å². The predicted molar refractivity (Wildman–Crippen MR) is 73.7 cm³/mol. The van der Waals surface area contributed by atoms with Crippen LogP contribution in [0, 0.1) is 11.6 Å². The molecule has 1 N–H and O–H groups in total. The molecule has 0 aliphatic heterocycles. The van der Waals surface area contributed by atoms with Crippen molar-refractivity contribution in [3.8, 4) is 0 Å². The van der Waals surface area contributed by atoms with Gasteiger partial charge in [-0.2, -0.15) is 0 Å². The summed E-state index contributed by atoms with van der Waals surface area (Å²) in [5, 5.41) is 3.69. The van der Waals surface area contributed by atoms with E-state index < -0.39 is 17.7 Å². The summed E-state index contributed by atoms with van der Waals surface area (Å²) in [7, 11) is 1.65. The molecule has 2 aromatic rings. The van der Waals surface area contributed by atoms with Crippen molar-refractivity contribution in [1.29, 1.82) is 0 Å². The van der Waals surface area contributed by atoms with Crippen molar-refractivity contribution >= 4 is 23.2 Å². The topological polar surface area (TPSA) is 12.0 Å². The molecular weight excluding hydrogens is 291 g/mol. The molecule has 0 aliphatic rings. The zero-order valence-electron chi connectivity index (χ0n) is 10.1. The smallest absolute Gasteiger partial charge is 0.128 e. The largest absolute Gasteiger partial charge is 0.309 e. The van der Waals surface area contributed by atoms with Crippen LogP contribution in [0.15, 0.2) is 36.4 Å². The Bertz CT molecular complexity index is 550. The molecule has 0 radical (unpaired) electrons. The Balaban J connectivity index is 2.55. The van der Waals surface area contributed by atoms with E-state index in [1.807, 2.05) is 0 Å². The molecule has 5 heteroatoms. The highest BCUT2D eigenvalue weighted by atomic mass is 35.5. The third-order valence-electron chi connectivity index (χ3n) is 2.83. The molecule has 1 atom stereocenters. The lowest BCUT2D eigenvalue weighted by Crippen LogP contribution is -2.19. The Kier molecular flexibility index (Phi) is 4.40. The van der Waals surface area contributed by atoms with Gasteiger partial charge in [-0.05, 0) is 49.0 Å². The van der Waals surface area contributed by atoms with Gasteiger partial charge in [0.2, 0.25) is 0 Å². The first-order valence-corrected chi connectivity index (χ1v) is 6.35. The molecule has 1 nitrogen and oxygen atoms in total. The van der Waals surface area contributed by atoms with Gasteiger partial charge in [-0.25, -0.2) is 8.78 Å². The lowest BCUT2D eigenvalue weighted by atomic mass is 9.98. The third-order valence-corrected chi connectivity index (χ3v) is 3.41. The average Bonchev–Trinajstić information content (AvgIpc) is 2.38. The van der Waals surface area contributed by atoms with E-state index in [9.17, 15) is 8.78 Å². The normalized spacial score (nSPS) is 12.5. The summed E-state index contributed by atoms with van der Waals surface area (Å²) in [6.45, 7) is 0. The van der Waals surface area contributed by atoms with Crippen LogP contribution >= 0.6 is 23.2 Å². The van der Waals surface area contributed by atoms with Crippen LogP contribution in [0.4, 0.5) is 8.78 Å². The number of rotatable bonds is 3. The van der Waals surface area contributed by atoms with Crippen LogP contribution < -0.4 is 5.32 Å². The first-order valence-electron chi connectivity index (χ1n) is 5.60. The molecular formula is C14H11Cl2F2N. The number of benzene rings is 2. The fourth-order valence-corrected chi connectivity index (χ4v) is 2.36. The highest BCUT2D eigenvalue weighted by Crippen LogP contribution is 2.31. The van der Waals surface area contributed by atoms with Gasteiger partial charge in [0.1, 0.15) is 11.6 Å². The van der Waals surface area contributed by atoms with E-state index in [0.29, 0.717) is 21.2 Å². The molecule has 1 unspecified atom stereocenters. The quantitative estimate of drug-likeness (QED) is 0.875. The second-order valence-corrected chi connectivity index (χ2v) is 4.90. The van der Waals surface area contributed by atoms with Gasteiger partial charge in [0.05, 0.1) is 6.04 Å². The molecule has 0 amide bonds. The van der Waals surface area contributed by atoms with Gasteiger partial charge in [0, 0.05) is 15.6 Å². The Hall–Kier alpha value is -1.16. The molecule has 0 bridgehead atoms. The van der Waals surface area contributed by atoms with Crippen LogP contribution in [0.5, 0.6) is 0 Å². The fourth-order valence-electron chi connectivity index (χ4n) is 1.95. The molecule has 2 rings (SSSR count). The number of halogens is 4. The van der Waals surface area contributed by atoms with Gasteiger partial charge in [0.15, 0.2) is 0 Å². The summed E-state index contributed by atoms with van der Waals surface area (Å²) in [5.74, 6) is -0.855. The lowest BCUT2D eigenvalue weighted by Gasteiger charge is -2.19. The van der Waals surface area contributed by atoms with E-state index in [4.69, 9.17) is 23.2 Å². The summed E-state index contributed by atoms with van der Waals surface area (Å²) < 4.78 is 27.2. The number of hydrogen-bond donors (Lipinski definition) is 1. The van der Waals surface area contributed by atoms with E-state index in [1.165, 1.54) is 36.4 Å². The molecule has 0 fully saturated rings. The van der Waals surface area contributed by atoms with Crippen LogP contribution in [0.25, 0.3) is 0 Å². The van der Waals surface area contributed by atoms with E-state index in [-0.39, 0.29) is 0 Å². The van der Waals surface area contributed by atoms with Crippen molar-refractivity contribution in [3.63, 3.8) is 0 Å². The zero-order chi connectivity index (χ0) is 14.0. The van der Waals surface area contributed by atoms with Gasteiger partial charge in [0.25, 0.3) is 0 Å². The zero-order valence-corrected chi connectivity index (χ0v) is 11.6. The van der Waals surface area contributed by atoms with Crippen LogP contribution in [-0.4, -0.2) is 7.05 Å². The van der Waals surface area contributed by atoms with Crippen LogP contribution in [0.3, 0.4) is 0 Å². The van der Waals surface area contributed by atoms with E-state index in [1.54, 1.807) is 7.05 Å². The maximum Gasteiger partial charge on any atom is 0.128 e. The standard InChI is InChI=1S/C14H11Cl2F2N/c1-19-14(10-7-9(17)3-4-12(10)16)11-6-8(15)2-5-13(11)18/h2-7,14,19H,1H3. The second-order valence-electron chi connectivity index (χ2n) is 4.05. The summed E-state index contributed by atoms with van der Waals surface area (Å²) >= 11 is 11.9. The first-order chi connectivity index (χ1) is 9.02.